The SMILES string of the molecule is Cc1noc(CCC(=O)NCc2ccccc2CN2CCN(c3ccccc3)CC2)n1. The minimum atomic E-state index is -0.0119. The molecule has 1 aliphatic heterocycles. The highest BCUT2D eigenvalue weighted by Crippen LogP contribution is 2.18. The Kier molecular flexibility index (Phi) is 6.94. The number of carbonyl (C=O) groups excluding carboxylic acids is 1. The van der Waals surface area contributed by atoms with Crippen molar-refractivity contribution in [2.75, 3.05) is 31.1 Å². The first kappa shape index (κ1) is 21.1. The van der Waals surface area contributed by atoms with Crippen LogP contribution >= 0.6 is 0 Å². The van der Waals surface area contributed by atoms with Gasteiger partial charge in [-0.3, -0.25) is 9.69 Å². The maximum atomic E-state index is 12.3. The third-order valence-electron chi connectivity index (χ3n) is 5.62. The van der Waals surface area contributed by atoms with Gasteiger partial charge in [-0.15, -0.1) is 0 Å². The van der Waals surface area contributed by atoms with E-state index in [1.54, 1.807) is 6.92 Å². The van der Waals surface area contributed by atoms with Crippen molar-refractivity contribution in [1.82, 2.24) is 20.4 Å². The summed E-state index contributed by atoms with van der Waals surface area (Å²) in [4.78, 5) is 21.3. The van der Waals surface area contributed by atoms with E-state index in [2.05, 4.69) is 73.8 Å². The van der Waals surface area contributed by atoms with Crippen molar-refractivity contribution in [2.24, 2.45) is 0 Å². The summed E-state index contributed by atoms with van der Waals surface area (Å²) in [6.07, 6.45) is 0.797. The lowest BCUT2D eigenvalue weighted by molar-refractivity contribution is -0.121. The number of aryl methyl sites for hydroxylation is 2. The van der Waals surface area contributed by atoms with Gasteiger partial charge in [-0.1, -0.05) is 47.6 Å². The Morgan fingerprint density at radius 3 is 2.42 bits per heavy atom. The molecule has 1 N–H and O–H groups in total. The Balaban J connectivity index is 1.26. The van der Waals surface area contributed by atoms with Gasteiger partial charge in [-0.25, -0.2) is 0 Å². The molecule has 1 aromatic heterocycles. The van der Waals surface area contributed by atoms with Crippen LogP contribution in [0.25, 0.3) is 0 Å². The summed E-state index contributed by atoms with van der Waals surface area (Å²) in [5, 5.41) is 6.78. The highest BCUT2D eigenvalue weighted by atomic mass is 16.5. The molecule has 0 saturated carbocycles. The van der Waals surface area contributed by atoms with Crippen molar-refractivity contribution < 1.29 is 9.32 Å². The van der Waals surface area contributed by atoms with Gasteiger partial charge in [0.15, 0.2) is 5.82 Å². The van der Waals surface area contributed by atoms with Crippen LogP contribution in [0.5, 0.6) is 0 Å². The van der Waals surface area contributed by atoms with E-state index in [4.69, 9.17) is 4.52 Å². The number of para-hydroxylation sites is 1. The maximum absolute atomic E-state index is 12.3. The quantitative estimate of drug-likeness (QED) is 0.605. The first-order valence-electron chi connectivity index (χ1n) is 10.8. The Hall–Kier alpha value is -3.19. The minimum absolute atomic E-state index is 0.0119. The van der Waals surface area contributed by atoms with Crippen LogP contribution < -0.4 is 10.2 Å². The number of rotatable bonds is 8. The number of benzene rings is 2. The van der Waals surface area contributed by atoms with Crippen molar-refractivity contribution in [3.63, 3.8) is 0 Å². The van der Waals surface area contributed by atoms with E-state index in [0.29, 0.717) is 31.1 Å². The van der Waals surface area contributed by atoms with Crippen LogP contribution in [-0.4, -0.2) is 47.1 Å². The number of hydrogen-bond acceptors (Lipinski definition) is 6. The second-order valence-electron chi connectivity index (χ2n) is 7.88. The Morgan fingerprint density at radius 1 is 1.00 bits per heavy atom. The van der Waals surface area contributed by atoms with E-state index < -0.39 is 0 Å². The second-order valence-corrected chi connectivity index (χ2v) is 7.88. The third kappa shape index (κ3) is 5.92. The zero-order valence-corrected chi connectivity index (χ0v) is 18.0. The van der Waals surface area contributed by atoms with Gasteiger partial charge in [0.1, 0.15) is 0 Å². The molecule has 7 nitrogen and oxygen atoms in total. The molecular formula is C24H29N5O2. The third-order valence-corrected chi connectivity index (χ3v) is 5.62. The van der Waals surface area contributed by atoms with E-state index in [9.17, 15) is 4.79 Å². The first-order valence-corrected chi connectivity index (χ1v) is 10.8. The smallest absolute Gasteiger partial charge is 0.227 e. The molecule has 7 heteroatoms. The predicted molar refractivity (Wildman–Crippen MR) is 120 cm³/mol. The van der Waals surface area contributed by atoms with Crippen LogP contribution in [0.15, 0.2) is 59.1 Å². The second kappa shape index (κ2) is 10.2. The number of piperazine rings is 1. The number of nitrogens with one attached hydrogen (secondary N) is 1. The molecule has 0 unspecified atom stereocenters. The lowest BCUT2D eigenvalue weighted by Crippen LogP contribution is -2.46. The zero-order valence-electron chi connectivity index (χ0n) is 18.0. The Labute approximate surface area is 183 Å². The van der Waals surface area contributed by atoms with Gasteiger partial charge < -0.3 is 14.7 Å². The van der Waals surface area contributed by atoms with Gasteiger partial charge >= 0.3 is 0 Å². The van der Waals surface area contributed by atoms with Crippen molar-refractivity contribution in [1.29, 1.82) is 0 Å². The Bertz CT molecular complexity index is 980. The molecule has 1 aliphatic rings. The summed E-state index contributed by atoms with van der Waals surface area (Å²) < 4.78 is 5.07. The average Bonchev–Trinajstić information content (AvgIpc) is 3.23. The average molecular weight is 420 g/mol. The van der Waals surface area contributed by atoms with E-state index >= 15 is 0 Å². The van der Waals surface area contributed by atoms with Gasteiger partial charge in [-0.05, 0) is 30.2 Å². The van der Waals surface area contributed by atoms with Gasteiger partial charge in [0.2, 0.25) is 11.8 Å². The number of nitrogens with zero attached hydrogens (tertiary/aromatic N) is 4. The summed E-state index contributed by atoms with van der Waals surface area (Å²) in [5.41, 5.74) is 3.72. The first-order chi connectivity index (χ1) is 15.2. The van der Waals surface area contributed by atoms with E-state index in [-0.39, 0.29) is 5.91 Å². The predicted octanol–water partition coefficient (Wildman–Crippen LogP) is 2.95. The molecule has 4 rings (SSSR count). The lowest BCUT2D eigenvalue weighted by atomic mass is 10.1. The molecule has 0 spiro atoms. The molecular weight excluding hydrogens is 390 g/mol. The van der Waals surface area contributed by atoms with Crippen molar-refractivity contribution in [3.05, 3.63) is 77.4 Å². The van der Waals surface area contributed by atoms with Gasteiger partial charge in [0.25, 0.3) is 0 Å². The highest BCUT2D eigenvalue weighted by Gasteiger charge is 2.18. The molecule has 1 saturated heterocycles. The van der Waals surface area contributed by atoms with Crippen LogP contribution in [0.3, 0.4) is 0 Å². The molecule has 1 amide bonds. The van der Waals surface area contributed by atoms with Gasteiger partial charge in [0, 0.05) is 57.8 Å². The standard InChI is InChI=1S/C24H29N5O2/c1-19-26-24(31-27-19)12-11-23(30)25-17-20-7-5-6-8-21(20)18-28-13-15-29(16-14-28)22-9-3-2-4-10-22/h2-10H,11-18H2,1H3,(H,25,30). The number of aromatic nitrogens is 2. The zero-order chi connectivity index (χ0) is 21.5. The van der Waals surface area contributed by atoms with Crippen LogP contribution in [0.2, 0.25) is 0 Å². The molecule has 0 bridgehead atoms. The lowest BCUT2D eigenvalue weighted by Gasteiger charge is -2.36. The van der Waals surface area contributed by atoms with E-state index in [1.807, 2.05) is 6.07 Å². The fourth-order valence-corrected chi connectivity index (χ4v) is 3.87. The molecule has 1 fully saturated rings. The van der Waals surface area contributed by atoms with Crippen molar-refractivity contribution >= 4 is 11.6 Å². The molecule has 3 aromatic rings. The van der Waals surface area contributed by atoms with Crippen molar-refractivity contribution in [3.8, 4) is 0 Å². The van der Waals surface area contributed by atoms with Crippen LogP contribution in [-0.2, 0) is 24.3 Å². The van der Waals surface area contributed by atoms with Crippen molar-refractivity contribution in [2.45, 2.75) is 32.9 Å². The molecule has 0 radical (unpaired) electrons. The molecule has 2 heterocycles. The number of carbonyl (C=O) groups is 1. The number of amides is 1. The largest absolute Gasteiger partial charge is 0.369 e. The molecule has 0 aliphatic carbocycles. The maximum Gasteiger partial charge on any atom is 0.227 e. The fraction of sp³-hybridized carbons (Fsp3) is 0.375. The summed E-state index contributed by atoms with van der Waals surface area (Å²) in [7, 11) is 0. The summed E-state index contributed by atoms with van der Waals surface area (Å²) in [5.74, 6) is 1.08. The van der Waals surface area contributed by atoms with Crippen LogP contribution in [0.1, 0.15) is 29.3 Å². The van der Waals surface area contributed by atoms with Crippen LogP contribution in [0.4, 0.5) is 5.69 Å². The monoisotopic (exact) mass is 419 g/mol. The Morgan fingerprint density at radius 2 is 1.71 bits per heavy atom. The molecule has 0 atom stereocenters. The van der Waals surface area contributed by atoms with Gasteiger partial charge in [0.05, 0.1) is 0 Å². The number of hydrogen-bond donors (Lipinski definition) is 1. The molecule has 162 valence electrons. The molecule has 31 heavy (non-hydrogen) atoms. The minimum Gasteiger partial charge on any atom is -0.369 e. The van der Waals surface area contributed by atoms with Gasteiger partial charge in [-0.2, -0.15) is 4.98 Å². The topological polar surface area (TPSA) is 74.5 Å². The number of anilines is 1. The summed E-state index contributed by atoms with van der Waals surface area (Å²) in [6, 6.07) is 18.9. The van der Waals surface area contributed by atoms with E-state index in [0.717, 1.165) is 38.3 Å². The summed E-state index contributed by atoms with van der Waals surface area (Å²) >= 11 is 0. The molecule has 2 aromatic carbocycles. The summed E-state index contributed by atoms with van der Waals surface area (Å²) in [6.45, 7) is 7.30. The van der Waals surface area contributed by atoms with Crippen LogP contribution in [0, 0.1) is 6.92 Å². The normalized spacial score (nSPS) is 14.5. The van der Waals surface area contributed by atoms with E-state index in [1.165, 1.54) is 11.3 Å². The highest BCUT2D eigenvalue weighted by molar-refractivity contribution is 5.76. The fourth-order valence-electron chi connectivity index (χ4n) is 3.87.